The monoisotopic (exact) mass is 343 g/mol. The summed E-state index contributed by atoms with van der Waals surface area (Å²) in [6.07, 6.45) is 0.887. The molecular weight excluding hydrogens is 329 g/mol. The molecule has 1 heterocycles. The molecule has 0 aliphatic carbocycles. The molecule has 0 unspecified atom stereocenters. The van der Waals surface area contributed by atoms with E-state index in [0.29, 0.717) is 13.1 Å². The second-order valence-corrected chi connectivity index (χ2v) is 5.13. The number of benzene rings is 1. The number of hydrogen-bond acceptors (Lipinski definition) is 1. The molecule has 0 aromatic heterocycles. The first-order valence-corrected chi connectivity index (χ1v) is 6.67. The predicted molar refractivity (Wildman–Crippen MR) is 76.2 cm³/mol. The number of hydrogen-bond donors (Lipinski definition) is 1. The van der Waals surface area contributed by atoms with Gasteiger partial charge in [0, 0.05) is 16.7 Å². The highest BCUT2D eigenvalue weighted by atomic mass is 127. The number of nitrogens with zero attached hydrogens (tertiary/aromatic N) is 1. The van der Waals surface area contributed by atoms with Crippen LogP contribution >= 0.6 is 22.6 Å². The van der Waals surface area contributed by atoms with Crippen molar-refractivity contribution in [2.24, 2.45) is 0 Å². The fraction of sp³-hybridized carbons (Fsp3) is 0.308. The van der Waals surface area contributed by atoms with Crippen molar-refractivity contribution < 1.29 is 9.90 Å². The van der Waals surface area contributed by atoms with Crippen LogP contribution in [0.1, 0.15) is 18.4 Å². The van der Waals surface area contributed by atoms with Crippen LogP contribution in [0.15, 0.2) is 35.9 Å². The molecular formula is C13H14INO2. The first kappa shape index (κ1) is 12.4. The van der Waals surface area contributed by atoms with Crippen molar-refractivity contribution in [3.05, 3.63) is 41.5 Å². The fourth-order valence-corrected chi connectivity index (χ4v) is 2.87. The molecule has 1 N–H and O–H groups in total. The molecule has 0 bridgehead atoms. The van der Waals surface area contributed by atoms with Gasteiger partial charge in [0.15, 0.2) is 0 Å². The van der Waals surface area contributed by atoms with Gasteiger partial charge in [-0.15, -0.1) is 0 Å². The van der Waals surface area contributed by atoms with Crippen molar-refractivity contribution in [3.63, 3.8) is 0 Å². The van der Waals surface area contributed by atoms with E-state index >= 15 is 0 Å². The third-order valence-corrected chi connectivity index (χ3v) is 4.36. The van der Waals surface area contributed by atoms with Gasteiger partial charge in [-0.3, -0.25) is 0 Å². The predicted octanol–water partition coefficient (Wildman–Crippen LogP) is 3.61. The number of piperidine rings is 1. The van der Waals surface area contributed by atoms with E-state index in [-0.39, 0.29) is 0 Å². The summed E-state index contributed by atoms with van der Waals surface area (Å²) in [5.74, 6) is 0. The molecule has 0 spiro atoms. The number of rotatable bonds is 1. The van der Waals surface area contributed by atoms with Crippen LogP contribution in [0.25, 0.3) is 3.58 Å². The van der Waals surface area contributed by atoms with Crippen molar-refractivity contribution >= 4 is 32.3 Å². The highest BCUT2D eigenvalue weighted by Gasteiger charge is 2.19. The van der Waals surface area contributed by atoms with Gasteiger partial charge in [0.1, 0.15) is 0 Å². The van der Waals surface area contributed by atoms with E-state index in [1.807, 2.05) is 18.2 Å². The number of amides is 1. The zero-order valence-corrected chi connectivity index (χ0v) is 11.6. The summed E-state index contributed by atoms with van der Waals surface area (Å²) < 4.78 is 1.27. The average Bonchev–Trinajstić information content (AvgIpc) is 2.39. The molecule has 90 valence electrons. The Bertz CT molecular complexity index is 432. The summed E-state index contributed by atoms with van der Waals surface area (Å²) >= 11 is 2.36. The standard InChI is InChI=1S/C13H14INO2/c14-12(10-4-2-1-3-5-10)11-6-8-15(9-7-11)13(16)17/h1-5H,6-9H2,(H,16,17). The number of halogens is 1. The lowest BCUT2D eigenvalue weighted by Gasteiger charge is -2.26. The Morgan fingerprint density at radius 1 is 1.18 bits per heavy atom. The Kier molecular flexibility index (Phi) is 4.04. The Balaban J connectivity index is 2.11. The van der Waals surface area contributed by atoms with Gasteiger partial charge in [-0.25, -0.2) is 4.79 Å². The average molecular weight is 343 g/mol. The smallest absolute Gasteiger partial charge is 0.407 e. The molecule has 0 saturated carbocycles. The molecule has 1 aromatic rings. The molecule has 1 fully saturated rings. The van der Waals surface area contributed by atoms with Gasteiger partial charge in [0.25, 0.3) is 0 Å². The summed E-state index contributed by atoms with van der Waals surface area (Å²) in [5.41, 5.74) is 2.60. The minimum absolute atomic E-state index is 0.615. The lowest BCUT2D eigenvalue weighted by molar-refractivity contribution is 0.142. The van der Waals surface area contributed by atoms with Gasteiger partial charge in [-0.2, -0.15) is 0 Å². The molecule has 2 rings (SSSR count). The van der Waals surface area contributed by atoms with Crippen LogP contribution < -0.4 is 0 Å². The molecule has 17 heavy (non-hydrogen) atoms. The minimum Gasteiger partial charge on any atom is -0.465 e. The quantitative estimate of drug-likeness (QED) is 0.792. The molecule has 1 saturated heterocycles. The van der Waals surface area contributed by atoms with Gasteiger partial charge in [0.05, 0.1) is 0 Å². The largest absolute Gasteiger partial charge is 0.465 e. The van der Waals surface area contributed by atoms with E-state index < -0.39 is 6.09 Å². The third-order valence-electron chi connectivity index (χ3n) is 2.98. The molecule has 1 aliphatic rings. The van der Waals surface area contributed by atoms with Crippen molar-refractivity contribution in [1.82, 2.24) is 4.90 Å². The zero-order valence-electron chi connectivity index (χ0n) is 9.40. The molecule has 0 radical (unpaired) electrons. The van der Waals surface area contributed by atoms with Gasteiger partial charge in [0.2, 0.25) is 0 Å². The summed E-state index contributed by atoms with van der Waals surface area (Å²) in [6.45, 7) is 1.23. The highest BCUT2D eigenvalue weighted by molar-refractivity contribution is 14.1. The Labute approximate surface area is 114 Å². The van der Waals surface area contributed by atoms with Crippen LogP contribution in [0, 0.1) is 0 Å². The highest BCUT2D eigenvalue weighted by Crippen LogP contribution is 2.31. The van der Waals surface area contributed by atoms with Crippen LogP contribution in [0.4, 0.5) is 4.79 Å². The number of carbonyl (C=O) groups is 1. The van der Waals surface area contributed by atoms with Gasteiger partial charge in [-0.05, 0) is 41.0 Å². The van der Waals surface area contributed by atoms with Crippen LogP contribution in [0.2, 0.25) is 0 Å². The Morgan fingerprint density at radius 3 is 2.29 bits per heavy atom. The topological polar surface area (TPSA) is 40.5 Å². The molecule has 1 aromatic carbocycles. The lowest BCUT2D eigenvalue weighted by atomic mass is 10.0. The van der Waals surface area contributed by atoms with Crippen molar-refractivity contribution in [3.8, 4) is 0 Å². The van der Waals surface area contributed by atoms with Crippen LogP contribution in [-0.2, 0) is 0 Å². The maximum Gasteiger partial charge on any atom is 0.407 e. The van der Waals surface area contributed by atoms with E-state index in [2.05, 4.69) is 34.7 Å². The summed E-state index contributed by atoms with van der Waals surface area (Å²) in [7, 11) is 0. The summed E-state index contributed by atoms with van der Waals surface area (Å²) in [6, 6.07) is 10.3. The van der Waals surface area contributed by atoms with Crippen molar-refractivity contribution in [1.29, 1.82) is 0 Å². The Morgan fingerprint density at radius 2 is 1.76 bits per heavy atom. The minimum atomic E-state index is -0.807. The van der Waals surface area contributed by atoms with Gasteiger partial charge in [-0.1, -0.05) is 35.9 Å². The number of likely N-dealkylation sites (tertiary alicyclic amines) is 1. The number of carboxylic acid groups (broad SMARTS) is 1. The fourth-order valence-electron chi connectivity index (χ4n) is 1.98. The summed E-state index contributed by atoms with van der Waals surface area (Å²) in [5, 5.41) is 8.89. The van der Waals surface area contributed by atoms with Crippen LogP contribution in [0.5, 0.6) is 0 Å². The van der Waals surface area contributed by atoms with Crippen molar-refractivity contribution in [2.45, 2.75) is 12.8 Å². The van der Waals surface area contributed by atoms with E-state index in [9.17, 15) is 4.79 Å². The van der Waals surface area contributed by atoms with Crippen molar-refractivity contribution in [2.75, 3.05) is 13.1 Å². The molecule has 3 nitrogen and oxygen atoms in total. The second-order valence-electron chi connectivity index (χ2n) is 4.05. The maximum atomic E-state index is 10.8. The SMILES string of the molecule is O=C(O)N1CCC(=C(I)c2ccccc2)CC1. The Hall–Kier alpha value is -1.04. The van der Waals surface area contributed by atoms with E-state index in [1.165, 1.54) is 19.6 Å². The van der Waals surface area contributed by atoms with E-state index in [0.717, 1.165) is 12.8 Å². The van der Waals surface area contributed by atoms with E-state index in [4.69, 9.17) is 5.11 Å². The van der Waals surface area contributed by atoms with E-state index in [1.54, 1.807) is 0 Å². The van der Waals surface area contributed by atoms with Gasteiger partial charge >= 0.3 is 6.09 Å². The van der Waals surface area contributed by atoms with Crippen LogP contribution in [-0.4, -0.2) is 29.2 Å². The van der Waals surface area contributed by atoms with Crippen LogP contribution in [0.3, 0.4) is 0 Å². The molecule has 0 atom stereocenters. The molecule has 4 heteroatoms. The zero-order chi connectivity index (χ0) is 12.3. The normalized spacial score (nSPS) is 15.8. The maximum absolute atomic E-state index is 10.8. The first-order chi connectivity index (χ1) is 8.18. The van der Waals surface area contributed by atoms with Gasteiger partial charge < -0.3 is 10.0 Å². The first-order valence-electron chi connectivity index (χ1n) is 5.59. The molecule has 1 aliphatic heterocycles. The molecule has 1 amide bonds. The summed E-state index contributed by atoms with van der Waals surface area (Å²) in [4.78, 5) is 12.3. The lowest BCUT2D eigenvalue weighted by Crippen LogP contribution is -2.35. The second kappa shape index (κ2) is 5.53. The third kappa shape index (κ3) is 3.00.